The molecular weight excluding hydrogens is 392 g/mol. The number of amides is 2. The lowest BCUT2D eigenvalue weighted by molar-refractivity contribution is -0.126. The SMILES string of the molecule is CCCNC(=O)CNC(=O)CN1CCN(S(=O)(=O)c2ccc(CCC)cc2)CC1. The largest absolute Gasteiger partial charge is 0.355 e. The molecule has 1 heterocycles. The molecule has 0 bridgehead atoms. The fourth-order valence-electron chi connectivity index (χ4n) is 3.16. The van der Waals surface area contributed by atoms with Gasteiger partial charge in [0.05, 0.1) is 18.0 Å². The number of nitrogens with one attached hydrogen (secondary N) is 2. The maximum absolute atomic E-state index is 12.8. The van der Waals surface area contributed by atoms with E-state index in [4.69, 9.17) is 0 Å². The van der Waals surface area contributed by atoms with Gasteiger partial charge >= 0.3 is 0 Å². The molecule has 1 fully saturated rings. The first-order chi connectivity index (χ1) is 13.9. The van der Waals surface area contributed by atoms with Gasteiger partial charge in [-0.25, -0.2) is 8.42 Å². The predicted molar refractivity (Wildman–Crippen MR) is 112 cm³/mol. The van der Waals surface area contributed by atoms with Crippen molar-refractivity contribution >= 4 is 21.8 Å². The fourth-order valence-corrected chi connectivity index (χ4v) is 4.58. The molecule has 1 aliphatic heterocycles. The lowest BCUT2D eigenvalue weighted by Gasteiger charge is -2.33. The van der Waals surface area contributed by atoms with Crippen LogP contribution in [0.4, 0.5) is 0 Å². The molecule has 0 aromatic heterocycles. The van der Waals surface area contributed by atoms with Crippen LogP contribution in [0.25, 0.3) is 0 Å². The third kappa shape index (κ3) is 7.09. The third-order valence-corrected chi connectivity index (χ3v) is 6.73. The van der Waals surface area contributed by atoms with Crippen molar-refractivity contribution in [1.29, 1.82) is 0 Å². The first kappa shape index (κ1) is 23.3. The van der Waals surface area contributed by atoms with Crippen molar-refractivity contribution in [2.45, 2.75) is 38.0 Å². The van der Waals surface area contributed by atoms with E-state index in [2.05, 4.69) is 17.6 Å². The van der Waals surface area contributed by atoms with Crippen molar-refractivity contribution in [3.8, 4) is 0 Å². The Bertz CT molecular complexity index is 772. The molecule has 1 aromatic rings. The van der Waals surface area contributed by atoms with Gasteiger partial charge in [0.25, 0.3) is 0 Å². The maximum Gasteiger partial charge on any atom is 0.243 e. The Kier molecular flexibility index (Phi) is 9.06. The zero-order valence-corrected chi connectivity index (χ0v) is 18.1. The number of piperazine rings is 1. The normalized spacial score (nSPS) is 15.8. The summed E-state index contributed by atoms with van der Waals surface area (Å²) in [4.78, 5) is 25.7. The molecule has 8 nitrogen and oxygen atoms in total. The first-order valence-electron chi connectivity index (χ1n) is 10.2. The highest BCUT2D eigenvalue weighted by molar-refractivity contribution is 7.89. The van der Waals surface area contributed by atoms with Crippen LogP contribution < -0.4 is 10.6 Å². The zero-order valence-electron chi connectivity index (χ0n) is 17.3. The summed E-state index contributed by atoms with van der Waals surface area (Å²) in [6, 6.07) is 7.08. The number of carbonyl (C=O) groups is 2. The topological polar surface area (TPSA) is 98.8 Å². The van der Waals surface area contributed by atoms with Crippen molar-refractivity contribution in [2.75, 3.05) is 45.8 Å². The van der Waals surface area contributed by atoms with Crippen LogP contribution in [0.1, 0.15) is 32.3 Å². The van der Waals surface area contributed by atoms with E-state index in [0.717, 1.165) is 24.8 Å². The molecular formula is C20H32N4O4S. The van der Waals surface area contributed by atoms with Gasteiger partial charge < -0.3 is 10.6 Å². The second-order valence-electron chi connectivity index (χ2n) is 7.20. The number of rotatable bonds is 10. The van der Waals surface area contributed by atoms with E-state index in [1.54, 1.807) is 12.1 Å². The summed E-state index contributed by atoms with van der Waals surface area (Å²) >= 11 is 0. The summed E-state index contributed by atoms with van der Waals surface area (Å²) in [5.41, 5.74) is 1.13. The van der Waals surface area contributed by atoms with E-state index in [-0.39, 0.29) is 24.9 Å². The molecule has 162 valence electrons. The Morgan fingerprint density at radius 2 is 1.59 bits per heavy atom. The van der Waals surface area contributed by atoms with E-state index in [1.165, 1.54) is 4.31 Å². The number of sulfonamides is 1. The number of hydrogen-bond acceptors (Lipinski definition) is 5. The van der Waals surface area contributed by atoms with Crippen LogP contribution in [0.2, 0.25) is 0 Å². The Balaban J connectivity index is 1.80. The number of carbonyl (C=O) groups excluding carboxylic acids is 2. The van der Waals surface area contributed by atoms with Gasteiger partial charge in [-0.05, 0) is 30.5 Å². The van der Waals surface area contributed by atoms with Gasteiger partial charge in [-0.3, -0.25) is 14.5 Å². The average molecular weight is 425 g/mol. The standard InChI is InChI=1S/C20H32N4O4S/c1-3-5-17-6-8-18(9-7-17)29(27,28)24-13-11-23(12-14-24)16-20(26)22-15-19(25)21-10-4-2/h6-9H,3-5,10-16H2,1-2H3,(H,21,25)(H,22,26). The first-order valence-corrected chi connectivity index (χ1v) is 11.7. The van der Waals surface area contributed by atoms with Gasteiger partial charge in [-0.15, -0.1) is 0 Å². The Labute approximate surface area is 173 Å². The molecule has 2 rings (SSSR count). The molecule has 0 atom stereocenters. The predicted octanol–water partition coefficient (Wildman–Crippen LogP) is 0.588. The summed E-state index contributed by atoms with van der Waals surface area (Å²) in [7, 11) is -3.52. The lowest BCUT2D eigenvalue weighted by atomic mass is 10.1. The highest BCUT2D eigenvalue weighted by atomic mass is 32.2. The van der Waals surface area contributed by atoms with E-state index in [0.29, 0.717) is 37.6 Å². The molecule has 0 radical (unpaired) electrons. The van der Waals surface area contributed by atoms with Crippen LogP contribution in [0.3, 0.4) is 0 Å². The summed E-state index contributed by atoms with van der Waals surface area (Å²) in [6.07, 6.45) is 2.79. The highest BCUT2D eigenvalue weighted by Gasteiger charge is 2.29. The molecule has 1 aliphatic rings. The fraction of sp³-hybridized carbons (Fsp3) is 0.600. The van der Waals surface area contributed by atoms with Crippen molar-refractivity contribution < 1.29 is 18.0 Å². The van der Waals surface area contributed by atoms with Gasteiger partial charge in [-0.2, -0.15) is 4.31 Å². The Morgan fingerprint density at radius 3 is 2.17 bits per heavy atom. The number of benzene rings is 1. The van der Waals surface area contributed by atoms with Crippen LogP contribution in [0, 0.1) is 0 Å². The van der Waals surface area contributed by atoms with Crippen LogP contribution in [-0.4, -0.2) is 75.3 Å². The zero-order chi connectivity index (χ0) is 21.3. The molecule has 1 aromatic carbocycles. The van der Waals surface area contributed by atoms with Gasteiger partial charge in [0, 0.05) is 32.7 Å². The Morgan fingerprint density at radius 1 is 0.931 bits per heavy atom. The molecule has 2 N–H and O–H groups in total. The second-order valence-corrected chi connectivity index (χ2v) is 9.14. The molecule has 2 amide bonds. The van der Waals surface area contributed by atoms with Gasteiger partial charge in [0.2, 0.25) is 21.8 Å². The summed E-state index contributed by atoms with van der Waals surface area (Å²) in [5, 5.41) is 5.30. The number of nitrogens with zero attached hydrogens (tertiary/aromatic N) is 2. The van der Waals surface area contributed by atoms with Crippen molar-refractivity contribution in [3.05, 3.63) is 29.8 Å². The van der Waals surface area contributed by atoms with Crippen molar-refractivity contribution in [1.82, 2.24) is 19.8 Å². The van der Waals surface area contributed by atoms with Crippen LogP contribution in [-0.2, 0) is 26.0 Å². The maximum atomic E-state index is 12.8. The summed E-state index contributed by atoms with van der Waals surface area (Å²) in [6.45, 7) is 6.37. The minimum Gasteiger partial charge on any atom is -0.355 e. The van der Waals surface area contributed by atoms with E-state index in [1.807, 2.05) is 24.0 Å². The van der Waals surface area contributed by atoms with Crippen molar-refractivity contribution in [2.24, 2.45) is 0 Å². The quantitative estimate of drug-likeness (QED) is 0.573. The molecule has 29 heavy (non-hydrogen) atoms. The molecule has 0 unspecified atom stereocenters. The van der Waals surface area contributed by atoms with E-state index < -0.39 is 10.0 Å². The molecule has 1 saturated heterocycles. The Hall–Kier alpha value is -1.97. The average Bonchev–Trinajstić information content (AvgIpc) is 2.72. The van der Waals surface area contributed by atoms with Gasteiger partial charge in [-0.1, -0.05) is 32.4 Å². The summed E-state index contributed by atoms with van der Waals surface area (Å²) < 4.78 is 27.1. The van der Waals surface area contributed by atoms with Crippen molar-refractivity contribution in [3.63, 3.8) is 0 Å². The molecule has 0 saturated carbocycles. The highest BCUT2D eigenvalue weighted by Crippen LogP contribution is 2.18. The van der Waals surface area contributed by atoms with Gasteiger partial charge in [0.15, 0.2) is 0 Å². The van der Waals surface area contributed by atoms with Gasteiger partial charge in [0.1, 0.15) is 0 Å². The van der Waals surface area contributed by atoms with Crippen LogP contribution >= 0.6 is 0 Å². The second kappa shape index (κ2) is 11.3. The van der Waals surface area contributed by atoms with E-state index in [9.17, 15) is 18.0 Å². The number of hydrogen-bond donors (Lipinski definition) is 2. The monoisotopic (exact) mass is 424 g/mol. The smallest absolute Gasteiger partial charge is 0.243 e. The minimum absolute atomic E-state index is 0.0405. The molecule has 0 spiro atoms. The molecule has 0 aliphatic carbocycles. The summed E-state index contributed by atoms with van der Waals surface area (Å²) in [5.74, 6) is -0.444. The number of aryl methyl sites for hydroxylation is 1. The van der Waals surface area contributed by atoms with Crippen LogP contribution in [0.5, 0.6) is 0 Å². The molecule has 9 heteroatoms. The minimum atomic E-state index is -3.52. The van der Waals surface area contributed by atoms with Crippen LogP contribution in [0.15, 0.2) is 29.2 Å². The lowest BCUT2D eigenvalue weighted by Crippen LogP contribution is -2.51. The van der Waals surface area contributed by atoms with E-state index >= 15 is 0 Å². The third-order valence-electron chi connectivity index (χ3n) is 4.82.